The van der Waals surface area contributed by atoms with Gasteiger partial charge in [-0.05, 0) is 44.7 Å². The lowest BCUT2D eigenvalue weighted by Crippen LogP contribution is -2.41. The molecule has 1 aliphatic heterocycles. The number of nitrogens with zero attached hydrogens (tertiary/aromatic N) is 4. The Kier molecular flexibility index (Phi) is 5.06. The van der Waals surface area contributed by atoms with Crippen molar-refractivity contribution < 1.29 is 14.3 Å². The first-order valence-electron chi connectivity index (χ1n) is 10.2. The van der Waals surface area contributed by atoms with Gasteiger partial charge in [0.1, 0.15) is 5.75 Å². The van der Waals surface area contributed by atoms with Gasteiger partial charge < -0.3 is 14.5 Å². The number of hydrogen-bond donors (Lipinski definition) is 0. The van der Waals surface area contributed by atoms with Gasteiger partial charge in [-0.25, -0.2) is 0 Å². The molecular formula is C22H28N4O3. The molecule has 2 heterocycles. The third kappa shape index (κ3) is 3.73. The number of anilines is 1. The van der Waals surface area contributed by atoms with Gasteiger partial charge >= 0.3 is 0 Å². The number of carbonyl (C=O) groups is 2. The summed E-state index contributed by atoms with van der Waals surface area (Å²) in [5.74, 6) is 0.601. The smallest absolute Gasteiger partial charge is 0.259 e. The van der Waals surface area contributed by atoms with E-state index in [1.165, 1.54) is 4.90 Å². The number of likely N-dealkylation sites (N-methyl/N-ethyl adjacent to an activating group) is 1. The van der Waals surface area contributed by atoms with Crippen LogP contribution in [0.1, 0.15) is 44.7 Å². The van der Waals surface area contributed by atoms with Gasteiger partial charge in [-0.1, -0.05) is 0 Å². The summed E-state index contributed by atoms with van der Waals surface area (Å²) in [5.41, 5.74) is 3.75. The summed E-state index contributed by atoms with van der Waals surface area (Å²) in [6, 6.07) is 4.61. The van der Waals surface area contributed by atoms with E-state index in [0.29, 0.717) is 11.8 Å². The lowest BCUT2D eigenvalue weighted by atomic mass is 9.92. The van der Waals surface area contributed by atoms with Gasteiger partial charge in [0, 0.05) is 49.9 Å². The molecule has 2 amide bonds. The van der Waals surface area contributed by atoms with Gasteiger partial charge in [-0.3, -0.25) is 14.3 Å². The predicted octanol–water partition coefficient (Wildman–Crippen LogP) is 3.04. The molecule has 1 aliphatic carbocycles. The summed E-state index contributed by atoms with van der Waals surface area (Å²) in [4.78, 5) is 27.8. The Hall–Kier alpha value is -2.83. The minimum Gasteiger partial charge on any atom is -0.483 e. The normalized spacial score (nSPS) is 18.3. The number of fused-ring (bicyclic) bond motifs is 1. The van der Waals surface area contributed by atoms with Crippen LogP contribution in [0.4, 0.5) is 5.69 Å². The fourth-order valence-corrected chi connectivity index (χ4v) is 3.96. The number of ether oxygens (including phenoxy) is 1. The number of hydrogen-bond acceptors (Lipinski definition) is 4. The molecule has 7 heteroatoms. The molecular weight excluding hydrogens is 368 g/mol. The molecule has 0 radical (unpaired) electrons. The van der Waals surface area contributed by atoms with E-state index in [-0.39, 0.29) is 24.5 Å². The SMILES string of the molecule is CC(=O)N1c2ccc(-c3cnn(C4CC4)c3)c(OCC(=O)N(C)C)c2CCC1C. The maximum atomic E-state index is 12.3. The summed E-state index contributed by atoms with van der Waals surface area (Å²) in [6.45, 7) is 3.62. The molecule has 154 valence electrons. The second-order valence-corrected chi connectivity index (χ2v) is 8.23. The Morgan fingerprint density at radius 1 is 1.24 bits per heavy atom. The Bertz CT molecular complexity index is 946. The second kappa shape index (κ2) is 7.54. The zero-order valence-corrected chi connectivity index (χ0v) is 17.5. The van der Waals surface area contributed by atoms with Crippen LogP contribution in [0.3, 0.4) is 0 Å². The lowest BCUT2D eigenvalue weighted by Gasteiger charge is -2.36. The fourth-order valence-electron chi connectivity index (χ4n) is 3.96. The van der Waals surface area contributed by atoms with Crippen molar-refractivity contribution in [2.75, 3.05) is 25.6 Å². The topological polar surface area (TPSA) is 67.7 Å². The average molecular weight is 396 g/mol. The first kappa shape index (κ1) is 19.5. The van der Waals surface area contributed by atoms with Crippen molar-refractivity contribution in [1.29, 1.82) is 0 Å². The van der Waals surface area contributed by atoms with E-state index in [4.69, 9.17) is 4.74 Å². The largest absolute Gasteiger partial charge is 0.483 e. The molecule has 2 aromatic rings. The highest BCUT2D eigenvalue weighted by molar-refractivity contribution is 5.95. The quantitative estimate of drug-likeness (QED) is 0.779. The molecule has 1 unspecified atom stereocenters. The zero-order valence-electron chi connectivity index (χ0n) is 17.5. The van der Waals surface area contributed by atoms with Crippen LogP contribution >= 0.6 is 0 Å². The van der Waals surface area contributed by atoms with Crippen molar-refractivity contribution in [3.63, 3.8) is 0 Å². The van der Waals surface area contributed by atoms with Crippen LogP contribution < -0.4 is 9.64 Å². The molecule has 0 saturated heterocycles. The minimum atomic E-state index is -0.102. The lowest BCUT2D eigenvalue weighted by molar-refractivity contribution is -0.130. The van der Waals surface area contributed by atoms with Crippen molar-refractivity contribution >= 4 is 17.5 Å². The molecule has 1 aromatic carbocycles. The highest BCUT2D eigenvalue weighted by Gasteiger charge is 2.31. The molecule has 0 spiro atoms. The minimum absolute atomic E-state index is 0.0167. The number of benzene rings is 1. The van der Waals surface area contributed by atoms with Crippen LogP contribution in [0.15, 0.2) is 24.5 Å². The number of aromatic nitrogens is 2. The van der Waals surface area contributed by atoms with Gasteiger partial charge in [0.2, 0.25) is 5.91 Å². The van der Waals surface area contributed by atoms with E-state index < -0.39 is 0 Å². The third-order valence-corrected chi connectivity index (χ3v) is 5.76. The summed E-state index contributed by atoms with van der Waals surface area (Å²) >= 11 is 0. The Morgan fingerprint density at radius 3 is 2.66 bits per heavy atom. The summed E-state index contributed by atoms with van der Waals surface area (Å²) in [5, 5.41) is 4.51. The van der Waals surface area contributed by atoms with Gasteiger partial charge in [0.15, 0.2) is 6.61 Å². The second-order valence-electron chi connectivity index (χ2n) is 8.23. The Morgan fingerprint density at radius 2 is 2.00 bits per heavy atom. The molecule has 0 bridgehead atoms. The summed E-state index contributed by atoms with van der Waals surface area (Å²) in [6.07, 6.45) is 7.89. The number of amides is 2. The van der Waals surface area contributed by atoms with E-state index in [0.717, 1.165) is 48.1 Å². The van der Waals surface area contributed by atoms with E-state index in [9.17, 15) is 9.59 Å². The van der Waals surface area contributed by atoms with E-state index in [1.54, 1.807) is 21.0 Å². The van der Waals surface area contributed by atoms with Crippen LogP contribution in [-0.4, -0.2) is 53.2 Å². The van der Waals surface area contributed by atoms with Crippen LogP contribution in [0.25, 0.3) is 11.1 Å². The molecule has 1 aromatic heterocycles. The van der Waals surface area contributed by atoms with Crippen molar-refractivity contribution in [3.05, 3.63) is 30.1 Å². The van der Waals surface area contributed by atoms with E-state index >= 15 is 0 Å². The van der Waals surface area contributed by atoms with E-state index in [1.807, 2.05) is 34.1 Å². The highest BCUT2D eigenvalue weighted by Crippen LogP contribution is 2.43. The fraction of sp³-hybridized carbons (Fsp3) is 0.500. The molecule has 4 rings (SSSR count). The van der Waals surface area contributed by atoms with Crippen molar-refractivity contribution in [2.24, 2.45) is 0 Å². The molecule has 1 saturated carbocycles. The number of carbonyl (C=O) groups excluding carboxylic acids is 2. The molecule has 0 N–H and O–H groups in total. The molecule has 7 nitrogen and oxygen atoms in total. The molecule has 1 atom stereocenters. The zero-order chi connectivity index (χ0) is 20.7. The molecule has 2 aliphatic rings. The number of rotatable bonds is 5. The molecule has 1 fully saturated rings. The Balaban J connectivity index is 1.77. The van der Waals surface area contributed by atoms with Gasteiger partial charge in [-0.15, -0.1) is 0 Å². The van der Waals surface area contributed by atoms with Gasteiger partial charge in [0.25, 0.3) is 5.91 Å². The highest BCUT2D eigenvalue weighted by atomic mass is 16.5. The maximum Gasteiger partial charge on any atom is 0.259 e. The standard InChI is InChI=1S/C22H28N4O3/c1-14-5-8-19-20(26(14)15(2)27)10-9-18(22(19)29-13-21(28)24(3)4)16-11-23-25(12-16)17-6-7-17/h9-12,14,17H,5-8,13H2,1-4H3. The maximum absolute atomic E-state index is 12.3. The third-order valence-electron chi connectivity index (χ3n) is 5.76. The van der Waals surface area contributed by atoms with Crippen molar-refractivity contribution in [3.8, 4) is 16.9 Å². The average Bonchev–Trinajstić information content (AvgIpc) is 3.42. The summed E-state index contributed by atoms with van der Waals surface area (Å²) in [7, 11) is 3.43. The van der Waals surface area contributed by atoms with Crippen molar-refractivity contribution in [1.82, 2.24) is 14.7 Å². The van der Waals surface area contributed by atoms with E-state index in [2.05, 4.69) is 12.0 Å². The van der Waals surface area contributed by atoms with Gasteiger partial charge in [-0.2, -0.15) is 5.10 Å². The first-order chi connectivity index (χ1) is 13.9. The van der Waals surface area contributed by atoms with Crippen molar-refractivity contribution in [2.45, 2.75) is 51.6 Å². The van der Waals surface area contributed by atoms with Crippen LogP contribution in [0.2, 0.25) is 0 Å². The first-order valence-corrected chi connectivity index (χ1v) is 10.2. The summed E-state index contributed by atoms with van der Waals surface area (Å²) < 4.78 is 8.10. The Labute approximate surface area is 171 Å². The van der Waals surface area contributed by atoms with Crippen LogP contribution in [0.5, 0.6) is 5.75 Å². The predicted molar refractivity (Wildman–Crippen MR) is 111 cm³/mol. The monoisotopic (exact) mass is 396 g/mol. The van der Waals surface area contributed by atoms with Crippen LogP contribution in [0, 0.1) is 0 Å². The van der Waals surface area contributed by atoms with Crippen LogP contribution in [-0.2, 0) is 16.0 Å². The van der Waals surface area contributed by atoms with Gasteiger partial charge in [0.05, 0.1) is 17.9 Å². The molecule has 29 heavy (non-hydrogen) atoms.